The molecule has 32 heavy (non-hydrogen) atoms. The number of aromatic amines is 1. The number of fused-ring (bicyclic) bond motifs is 1. The number of nitrogens with one attached hydrogen (secondary N) is 1. The Hall–Kier alpha value is -3.46. The van der Waals surface area contributed by atoms with Crippen LogP contribution in [0.3, 0.4) is 0 Å². The van der Waals surface area contributed by atoms with E-state index in [4.69, 9.17) is 16.7 Å². The fraction of sp³-hybridized carbons (Fsp3) is 0.318. The second kappa shape index (κ2) is 8.23. The molecule has 0 aliphatic heterocycles. The summed E-state index contributed by atoms with van der Waals surface area (Å²) in [6.45, 7) is 0.659. The van der Waals surface area contributed by atoms with Crippen LogP contribution in [-0.4, -0.2) is 40.6 Å². The van der Waals surface area contributed by atoms with Crippen molar-refractivity contribution in [2.24, 2.45) is 5.92 Å². The molecule has 0 unspecified atom stereocenters. The van der Waals surface area contributed by atoms with Gasteiger partial charge in [-0.1, -0.05) is 23.7 Å². The SMILES string of the molecule is O=C(O)c1cnn(-c2nc3cnn(CC4CCC(c5ccc(Cl)cc5)CC4)c3c(=O)[nH]2)c1. The maximum Gasteiger partial charge on any atom is 0.338 e. The molecule has 3 heterocycles. The van der Waals surface area contributed by atoms with Gasteiger partial charge in [0.1, 0.15) is 5.52 Å². The Morgan fingerprint density at radius 3 is 2.56 bits per heavy atom. The first kappa shape index (κ1) is 20.4. The van der Waals surface area contributed by atoms with Crippen LogP contribution in [0.15, 0.2) is 47.7 Å². The van der Waals surface area contributed by atoms with E-state index in [2.05, 4.69) is 32.3 Å². The number of carbonyl (C=O) groups is 1. The average molecular weight is 453 g/mol. The van der Waals surface area contributed by atoms with Gasteiger partial charge in [0.25, 0.3) is 5.56 Å². The van der Waals surface area contributed by atoms with Crippen molar-refractivity contribution in [3.05, 3.63) is 69.4 Å². The number of nitrogens with zero attached hydrogens (tertiary/aromatic N) is 5. The Balaban J connectivity index is 1.31. The van der Waals surface area contributed by atoms with E-state index in [1.807, 2.05) is 12.1 Å². The Morgan fingerprint density at radius 2 is 1.88 bits per heavy atom. The molecule has 1 aliphatic carbocycles. The molecule has 1 saturated carbocycles. The van der Waals surface area contributed by atoms with Gasteiger partial charge >= 0.3 is 5.97 Å². The molecule has 4 aromatic rings. The van der Waals surface area contributed by atoms with Gasteiger partial charge in [-0.2, -0.15) is 10.2 Å². The van der Waals surface area contributed by atoms with Gasteiger partial charge in [0.05, 0.1) is 18.0 Å². The van der Waals surface area contributed by atoms with Crippen LogP contribution in [-0.2, 0) is 6.54 Å². The van der Waals surface area contributed by atoms with Crippen LogP contribution in [0, 0.1) is 5.92 Å². The van der Waals surface area contributed by atoms with Crippen LogP contribution in [0.2, 0.25) is 5.02 Å². The largest absolute Gasteiger partial charge is 0.478 e. The minimum absolute atomic E-state index is 0.0117. The molecule has 5 rings (SSSR count). The molecular weight excluding hydrogens is 432 g/mol. The Morgan fingerprint density at radius 1 is 1.12 bits per heavy atom. The van der Waals surface area contributed by atoms with Gasteiger partial charge in [-0.25, -0.2) is 14.5 Å². The molecule has 1 fully saturated rings. The van der Waals surface area contributed by atoms with Crippen LogP contribution >= 0.6 is 11.6 Å². The van der Waals surface area contributed by atoms with E-state index in [1.165, 1.54) is 22.6 Å². The molecular formula is C22H21ClN6O3. The molecule has 0 saturated heterocycles. The molecule has 1 aromatic carbocycles. The van der Waals surface area contributed by atoms with Crippen LogP contribution < -0.4 is 5.56 Å². The maximum atomic E-state index is 12.8. The number of rotatable bonds is 5. The molecule has 0 spiro atoms. The summed E-state index contributed by atoms with van der Waals surface area (Å²) in [4.78, 5) is 30.9. The monoisotopic (exact) mass is 452 g/mol. The van der Waals surface area contributed by atoms with Gasteiger partial charge < -0.3 is 5.11 Å². The second-order valence-corrected chi connectivity index (χ2v) is 8.63. The van der Waals surface area contributed by atoms with Crippen molar-refractivity contribution in [3.63, 3.8) is 0 Å². The zero-order valence-electron chi connectivity index (χ0n) is 17.1. The van der Waals surface area contributed by atoms with Crippen molar-refractivity contribution in [3.8, 4) is 5.95 Å². The summed E-state index contributed by atoms with van der Waals surface area (Å²) in [6.07, 6.45) is 8.37. The summed E-state index contributed by atoms with van der Waals surface area (Å²) in [5, 5.41) is 18.2. The molecule has 0 radical (unpaired) electrons. The van der Waals surface area contributed by atoms with E-state index in [-0.39, 0.29) is 17.1 Å². The quantitative estimate of drug-likeness (QED) is 0.477. The number of carboxylic acid groups (broad SMARTS) is 1. The Kier molecular flexibility index (Phi) is 5.26. The number of carboxylic acids is 1. The van der Waals surface area contributed by atoms with Crippen molar-refractivity contribution in [1.29, 1.82) is 0 Å². The molecule has 164 valence electrons. The summed E-state index contributed by atoms with van der Waals surface area (Å²) in [7, 11) is 0. The van der Waals surface area contributed by atoms with Crippen LogP contribution in [0.4, 0.5) is 0 Å². The zero-order valence-corrected chi connectivity index (χ0v) is 17.9. The summed E-state index contributed by atoms with van der Waals surface area (Å²) in [5.41, 5.74) is 1.88. The van der Waals surface area contributed by atoms with E-state index in [0.29, 0.717) is 29.4 Å². The van der Waals surface area contributed by atoms with Crippen LogP contribution in [0.1, 0.15) is 47.5 Å². The van der Waals surface area contributed by atoms with Gasteiger partial charge in [-0.15, -0.1) is 0 Å². The third-order valence-electron chi connectivity index (χ3n) is 6.15. The molecule has 0 amide bonds. The minimum atomic E-state index is -1.10. The topological polar surface area (TPSA) is 119 Å². The Bertz CT molecular complexity index is 1330. The third-order valence-corrected chi connectivity index (χ3v) is 6.40. The van der Waals surface area contributed by atoms with Gasteiger partial charge in [0.15, 0.2) is 5.52 Å². The van der Waals surface area contributed by atoms with Gasteiger partial charge in [-0.05, 0) is 55.2 Å². The molecule has 0 bridgehead atoms. The van der Waals surface area contributed by atoms with E-state index in [0.717, 1.165) is 30.7 Å². The number of H-pyrrole nitrogens is 1. The predicted molar refractivity (Wildman–Crippen MR) is 118 cm³/mol. The average Bonchev–Trinajstić information content (AvgIpc) is 3.43. The fourth-order valence-electron chi connectivity index (χ4n) is 4.45. The molecule has 9 nitrogen and oxygen atoms in total. The first-order valence-corrected chi connectivity index (χ1v) is 10.9. The molecule has 10 heteroatoms. The lowest BCUT2D eigenvalue weighted by molar-refractivity contribution is 0.0697. The van der Waals surface area contributed by atoms with Gasteiger partial charge in [-0.3, -0.25) is 14.5 Å². The predicted octanol–water partition coefficient (Wildman–Crippen LogP) is 3.63. The van der Waals surface area contributed by atoms with Gasteiger partial charge in [0.2, 0.25) is 5.95 Å². The lowest BCUT2D eigenvalue weighted by atomic mass is 9.79. The first-order valence-electron chi connectivity index (χ1n) is 10.5. The van der Waals surface area contributed by atoms with Crippen molar-refractivity contribution in [2.75, 3.05) is 0 Å². The molecule has 1 aliphatic rings. The third kappa shape index (κ3) is 3.91. The highest BCUT2D eigenvalue weighted by Gasteiger charge is 2.24. The maximum absolute atomic E-state index is 12.8. The van der Waals surface area contributed by atoms with Crippen LogP contribution in [0.5, 0.6) is 0 Å². The second-order valence-electron chi connectivity index (χ2n) is 8.20. The number of hydrogen-bond acceptors (Lipinski definition) is 5. The highest BCUT2D eigenvalue weighted by Crippen LogP contribution is 2.36. The lowest BCUT2D eigenvalue weighted by Crippen LogP contribution is -2.22. The highest BCUT2D eigenvalue weighted by molar-refractivity contribution is 6.30. The van der Waals surface area contributed by atoms with E-state index in [9.17, 15) is 9.59 Å². The molecule has 2 N–H and O–H groups in total. The highest BCUT2D eigenvalue weighted by atomic mass is 35.5. The normalized spacial score (nSPS) is 18.8. The minimum Gasteiger partial charge on any atom is -0.478 e. The van der Waals surface area contributed by atoms with E-state index in [1.54, 1.807) is 10.9 Å². The van der Waals surface area contributed by atoms with E-state index >= 15 is 0 Å². The van der Waals surface area contributed by atoms with Crippen molar-refractivity contribution in [1.82, 2.24) is 29.5 Å². The van der Waals surface area contributed by atoms with Crippen molar-refractivity contribution in [2.45, 2.75) is 38.1 Å². The summed E-state index contributed by atoms with van der Waals surface area (Å²) in [5.74, 6) is 0.0246. The number of aromatic carboxylic acids is 1. The lowest BCUT2D eigenvalue weighted by Gasteiger charge is -2.28. The number of halogens is 1. The fourth-order valence-corrected chi connectivity index (χ4v) is 4.57. The molecule has 0 atom stereocenters. The smallest absolute Gasteiger partial charge is 0.338 e. The first-order chi connectivity index (χ1) is 15.5. The summed E-state index contributed by atoms with van der Waals surface area (Å²) in [6, 6.07) is 8.10. The standard InChI is InChI=1S/C22H21ClN6O3/c23-17-7-5-15(6-8-17)14-3-1-13(2-4-14)11-28-19-18(10-25-28)26-22(27-20(19)30)29-12-16(9-24-29)21(31)32/h5-10,12-14H,1-4,11H2,(H,31,32)(H,26,27,30). The number of hydrogen-bond donors (Lipinski definition) is 2. The number of aromatic nitrogens is 6. The molecule has 3 aromatic heterocycles. The van der Waals surface area contributed by atoms with Crippen LogP contribution in [0.25, 0.3) is 17.0 Å². The summed E-state index contributed by atoms with van der Waals surface area (Å²) >= 11 is 6.00. The zero-order chi connectivity index (χ0) is 22.2. The van der Waals surface area contributed by atoms with Crippen molar-refractivity contribution < 1.29 is 9.90 Å². The summed E-state index contributed by atoms with van der Waals surface area (Å²) < 4.78 is 2.96. The van der Waals surface area contributed by atoms with E-state index < -0.39 is 5.97 Å². The Labute approximate surface area is 187 Å². The number of benzene rings is 1. The van der Waals surface area contributed by atoms with Gasteiger partial charge in [0, 0.05) is 17.8 Å². The van der Waals surface area contributed by atoms with Crippen molar-refractivity contribution >= 4 is 28.6 Å².